The molecule has 0 spiro atoms. The SMILES string of the molecule is NCCCC[C@H]1CN(C(=O)CCCN)CC(=O)N[C@@H](Cc2ccccc2)CN(CC(N)=O)C(=O)CCSCc2ccc(cc2)C(=O)N[C@@H](Cc2ccccc2)CN(C(=O)CC2CC2)CC(=O)N[C@@H](Cc2c[nH]c3ccccc23)CN(C(=O)CC2CC2)CC(=O)N1. The summed E-state index contributed by atoms with van der Waals surface area (Å²) in [5, 5.41) is 13.5. The molecule has 3 heterocycles. The maximum absolute atomic E-state index is 14.8. The average molecular weight is 1250 g/mol. The molecule has 2 saturated carbocycles. The predicted molar refractivity (Wildman–Crippen MR) is 348 cm³/mol. The summed E-state index contributed by atoms with van der Waals surface area (Å²) in [5.74, 6) is -2.62. The molecule has 1 aromatic heterocycles. The number of thioether (sulfide) groups is 1. The Balaban J connectivity index is 1.13. The fourth-order valence-corrected chi connectivity index (χ4v) is 12.4. The fourth-order valence-electron chi connectivity index (χ4n) is 11.5. The molecule has 2 fully saturated rings. The number of hydrogen-bond donors (Lipinski definition) is 8. The van der Waals surface area contributed by atoms with Crippen LogP contribution in [0, 0.1) is 11.8 Å². The van der Waals surface area contributed by atoms with Crippen molar-refractivity contribution < 1.29 is 43.2 Å². The largest absolute Gasteiger partial charge is 0.368 e. The molecule has 9 amide bonds. The van der Waals surface area contributed by atoms with Crippen LogP contribution in [0.4, 0.5) is 0 Å². The molecule has 0 radical (unpaired) electrons. The van der Waals surface area contributed by atoms with Crippen molar-refractivity contribution in [3.63, 3.8) is 0 Å². The van der Waals surface area contributed by atoms with Crippen molar-refractivity contribution in [1.29, 1.82) is 0 Å². The molecule has 90 heavy (non-hydrogen) atoms. The van der Waals surface area contributed by atoms with E-state index < -0.39 is 67.4 Å². The highest BCUT2D eigenvalue weighted by Gasteiger charge is 2.34. The number of amides is 9. The summed E-state index contributed by atoms with van der Waals surface area (Å²) in [6, 6.07) is 31.1. The molecule has 0 saturated heterocycles. The normalized spacial score (nSPS) is 20.3. The number of hydrogen-bond acceptors (Lipinski definition) is 12. The summed E-state index contributed by atoms with van der Waals surface area (Å²) in [6.45, 7) is -1.16. The van der Waals surface area contributed by atoms with Crippen LogP contribution < -0.4 is 38.5 Å². The summed E-state index contributed by atoms with van der Waals surface area (Å²) >= 11 is 1.50. The van der Waals surface area contributed by atoms with Gasteiger partial charge < -0.3 is 63.1 Å². The number of rotatable bonds is 19. The smallest absolute Gasteiger partial charge is 0.251 e. The summed E-state index contributed by atoms with van der Waals surface area (Å²) < 4.78 is 0. The van der Waals surface area contributed by atoms with E-state index >= 15 is 0 Å². The molecule has 21 nitrogen and oxygen atoms in total. The maximum Gasteiger partial charge on any atom is 0.251 e. The van der Waals surface area contributed by atoms with E-state index in [9.17, 15) is 43.2 Å². The lowest BCUT2D eigenvalue weighted by atomic mass is 10.0. The Labute approximate surface area is 532 Å². The highest BCUT2D eigenvalue weighted by molar-refractivity contribution is 7.98. The maximum atomic E-state index is 14.8. The quantitative estimate of drug-likeness (QED) is 0.0423. The molecule has 5 aromatic rings. The first-order valence-corrected chi connectivity index (χ1v) is 33.0. The molecule has 0 unspecified atom stereocenters. The highest BCUT2D eigenvalue weighted by Crippen LogP contribution is 2.34. The first-order chi connectivity index (χ1) is 43.6. The van der Waals surface area contributed by atoms with Crippen LogP contribution in [0.15, 0.2) is 115 Å². The van der Waals surface area contributed by atoms with Gasteiger partial charge in [-0.2, -0.15) is 11.8 Å². The Morgan fingerprint density at radius 2 is 1.06 bits per heavy atom. The van der Waals surface area contributed by atoms with E-state index in [4.69, 9.17) is 17.2 Å². The topological polar surface area (TPSA) is 309 Å². The van der Waals surface area contributed by atoms with Crippen LogP contribution in [0.2, 0.25) is 0 Å². The molecule has 22 heteroatoms. The number of H-pyrrole nitrogens is 1. The molecule has 4 atom stereocenters. The van der Waals surface area contributed by atoms with Crippen molar-refractivity contribution in [2.45, 2.75) is 126 Å². The lowest BCUT2D eigenvalue weighted by Crippen LogP contribution is -2.55. The van der Waals surface area contributed by atoms with E-state index in [0.717, 1.165) is 58.8 Å². The lowest BCUT2D eigenvalue weighted by molar-refractivity contribution is -0.139. The number of nitrogens with zero attached hydrogens (tertiary/aromatic N) is 4. The first kappa shape index (κ1) is 67.8. The van der Waals surface area contributed by atoms with Gasteiger partial charge in [-0.05, 0) is 130 Å². The van der Waals surface area contributed by atoms with E-state index in [-0.39, 0.29) is 119 Å². The van der Waals surface area contributed by atoms with Crippen LogP contribution in [0.5, 0.6) is 0 Å². The number of carbonyl (C=O) groups excluding carboxylic acids is 9. The van der Waals surface area contributed by atoms with Gasteiger partial charge in [0, 0.05) is 92.1 Å². The monoisotopic (exact) mass is 1250 g/mol. The van der Waals surface area contributed by atoms with Gasteiger partial charge in [0.25, 0.3) is 5.91 Å². The molecule has 2 aliphatic heterocycles. The molecular weight excluding hydrogens is 1160 g/mol. The van der Waals surface area contributed by atoms with Gasteiger partial charge in [-0.15, -0.1) is 0 Å². The summed E-state index contributed by atoms with van der Waals surface area (Å²) in [7, 11) is 0. The van der Waals surface area contributed by atoms with E-state index in [1.807, 2.05) is 103 Å². The minimum absolute atomic E-state index is 0.0179. The zero-order chi connectivity index (χ0) is 63.8. The van der Waals surface area contributed by atoms with Crippen molar-refractivity contribution in [3.05, 3.63) is 143 Å². The van der Waals surface area contributed by atoms with E-state index in [2.05, 4.69) is 26.3 Å². The average Bonchev–Trinajstić information content (AvgIpc) is 1.83. The van der Waals surface area contributed by atoms with Crippen LogP contribution in [-0.2, 0) is 63.4 Å². The van der Waals surface area contributed by atoms with Crippen molar-refractivity contribution in [2.75, 3.05) is 71.2 Å². The Kier molecular flexibility index (Phi) is 26.2. The number of benzene rings is 4. The van der Waals surface area contributed by atoms with E-state index in [1.165, 1.54) is 31.4 Å². The minimum atomic E-state index is -0.760. The standard InChI is InChI=1S/C68H90N12O9S/c69-29-10-9-16-54-38-78(64(85)19-11-30-70)43-62(83)74-55(32-47-12-3-1-4-13-47)39-77(42-60(71)81)65(86)28-31-90-46-51-24-26-52(27-25-51)68(89)76-56(33-48-14-5-2-6-15-48)40-79(66(87)34-49-20-21-49)45-63(84)75-57(36-53-37-72-59-18-8-7-17-58(53)59)41-80(44-61(82)73-54)67(88)35-50-22-23-50/h1-8,12-15,17-18,24-27,37,49-50,54-57,72H,9-11,16,19-23,28-36,38-46,69-70H2,(H2,71,81)(H,73,82)(H,74,83)(H,75,84)(H,76,89)/t54-,55-,56-,57-/m0/s1. The van der Waals surface area contributed by atoms with Crippen molar-refractivity contribution in [3.8, 4) is 0 Å². The van der Waals surface area contributed by atoms with Gasteiger partial charge in [-0.1, -0.05) is 97.4 Å². The molecule has 4 aromatic carbocycles. The van der Waals surface area contributed by atoms with Crippen LogP contribution >= 0.6 is 11.8 Å². The third kappa shape index (κ3) is 22.7. The highest BCUT2D eigenvalue weighted by atomic mass is 32.2. The second-order valence-electron chi connectivity index (χ2n) is 24.4. The molecular formula is C68H90N12O9S. The number of primary amides is 1. The minimum Gasteiger partial charge on any atom is -0.368 e. The number of nitrogens with one attached hydrogen (secondary N) is 5. The lowest BCUT2D eigenvalue weighted by Gasteiger charge is -2.32. The second-order valence-corrected chi connectivity index (χ2v) is 25.5. The summed E-state index contributed by atoms with van der Waals surface area (Å²) in [6.07, 6.45) is 8.66. The molecule has 482 valence electrons. The molecule has 2 aliphatic carbocycles. The Morgan fingerprint density at radius 3 is 1.61 bits per heavy atom. The van der Waals surface area contributed by atoms with Crippen LogP contribution in [0.25, 0.3) is 10.9 Å². The summed E-state index contributed by atoms with van der Waals surface area (Å²) in [4.78, 5) is 137. The molecule has 9 rings (SSSR count). The third-order valence-electron chi connectivity index (χ3n) is 16.6. The first-order valence-electron chi connectivity index (χ1n) is 31.9. The van der Waals surface area contributed by atoms with Gasteiger partial charge in [0.05, 0.1) is 44.3 Å². The third-order valence-corrected chi connectivity index (χ3v) is 17.6. The fraction of sp³-hybridized carbons (Fsp3) is 0.485. The Hall–Kier alpha value is -8.08. The van der Waals surface area contributed by atoms with Gasteiger partial charge >= 0.3 is 0 Å². The van der Waals surface area contributed by atoms with Gasteiger partial charge in [-0.3, -0.25) is 43.2 Å². The molecule has 4 aliphatic rings. The van der Waals surface area contributed by atoms with Gasteiger partial charge in [0.2, 0.25) is 47.3 Å². The van der Waals surface area contributed by atoms with Crippen molar-refractivity contribution in [1.82, 2.24) is 45.9 Å². The Bertz CT molecular complexity index is 3200. The van der Waals surface area contributed by atoms with Crippen molar-refractivity contribution >= 4 is 75.8 Å². The van der Waals surface area contributed by atoms with E-state index in [0.29, 0.717) is 55.7 Å². The molecule has 2 bridgehead atoms. The molecule has 11 N–H and O–H groups in total. The zero-order valence-electron chi connectivity index (χ0n) is 51.6. The zero-order valence-corrected chi connectivity index (χ0v) is 52.4. The second kappa shape index (κ2) is 34.8. The van der Waals surface area contributed by atoms with Gasteiger partial charge in [0.1, 0.15) is 0 Å². The number of unbranched alkanes of at least 4 members (excludes halogenated alkanes) is 1. The van der Waals surface area contributed by atoms with Gasteiger partial charge in [0.15, 0.2) is 0 Å². The number of aromatic amines is 1. The van der Waals surface area contributed by atoms with Crippen LogP contribution in [-0.4, -0.2) is 173 Å². The number of nitrogens with two attached hydrogens (primary N) is 3. The number of para-hydroxylation sites is 1. The van der Waals surface area contributed by atoms with Gasteiger partial charge in [-0.25, -0.2) is 0 Å². The number of aromatic nitrogens is 1. The number of fused-ring (bicyclic) bond motifs is 30. The van der Waals surface area contributed by atoms with Crippen molar-refractivity contribution in [2.24, 2.45) is 29.0 Å². The summed E-state index contributed by atoms with van der Waals surface area (Å²) in [5.41, 5.74) is 22.4. The Morgan fingerprint density at radius 1 is 0.544 bits per heavy atom. The number of carbonyl (C=O) groups is 9. The van der Waals surface area contributed by atoms with Crippen LogP contribution in [0.3, 0.4) is 0 Å². The predicted octanol–water partition coefficient (Wildman–Crippen LogP) is 4.35. The van der Waals surface area contributed by atoms with E-state index in [1.54, 1.807) is 12.1 Å². The van der Waals surface area contributed by atoms with Crippen LogP contribution in [0.1, 0.15) is 110 Å².